The van der Waals surface area contributed by atoms with Crippen LogP contribution in [0, 0.1) is 0 Å². The van der Waals surface area contributed by atoms with Crippen LogP contribution < -0.4 is 0 Å². The Hall–Kier alpha value is -0.340. The van der Waals surface area contributed by atoms with Crippen LogP contribution in [0.5, 0.6) is 0 Å². The summed E-state index contributed by atoms with van der Waals surface area (Å²) in [6.45, 7) is 1.51. The number of rotatable bonds is 3. The average Bonchev–Trinajstić information content (AvgIpc) is 1.86. The molecule has 0 saturated carbocycles. The molecule has 0 bridgehead atoms. The topological polar surface area (TPSA) is 63.6 Å². The molecule has 9 heavy (non-hydrogen) atoms. The molecule has 1 unspecified atom stereocenters. The predicted molar refractivity (Wildman–Crippen MR) is 33.2 cm³/mol. The Morgan fingerprint density at radius 1 is 1.78 bits per heavy atom. The minimum Gasteiger partial charge on any atom is -0.474 e. The molecule has 1 atom stereocenters. The van der Waals surface area contributed by atoms with E-state index in [4.69, 9.17) is 5.11 Å². The van der Waals surface area contributed by atoms with Crippen molar-refractivity contribution in [1.82, 2.24) is 0 Å². The molecule has 5 heteroatoms. The molecule has 0 saturated heterocycles. The average molecular weight is 152 g/mol. The summed E-state index contributed by atoms with van der Waals surface area (Å²) in [5.41, 5.74) is -1.35. The minimum atomic E-state index is -3.34. The lowest BCUT2D eigenvalue weighted by molar-refractivity contribution is 0.213. The van der Waals surface area contributed by atoms with Crippen molar-refractivity contribution in [2.24, 2.45) is 0 Å². The van der Waals surface area contributed by atoms with Gasteiger partial charge in [0.05, 0.1) is 0 Å². The molecule has 0 rings (SSSR count). The van der Waals surface area contributed by atoms with Crippen molar-refractivity contribution in [2.45, 2.75) is 6.92 Å². The first kappa shape index (κ1) is 8.66. The van der Waals surface area contributed by atoms with E-state index in [1.54, 1.807) is 0 Å². The second-order valence-electron chi connectivity index (χ2n) is 1.45. The number of carboxylic acid groups (broad SMARTS) is 1. The Bertz CT molecular complexity index is 145. The van der Waals surface area contributed by atoms with Crippen molar-refractivity contribution in [3.63, 3.8) is 0 Å². The third-order valence-corrected chi connectivity index (χ3v) is 3.01. The van der Waals surface area contributed by atoms with Crippen molar-refractivity contribution < 1.29 is 19.0 Å². The SMILES string of the molecule is CCP(=O)(OC)C(=O)O. The second-order valence-corrected chi connectivity index (χ2v) is 4.18. The van der Waals surface area contributed by atoms with Gasteiger partial charge in [-0.15, -0.1) is 0 Å². The zero-order valence-electron chi connectivity index (χ0n) is 5.33. The lowest BCUT2D eigenvalue weighted by atomic mass is 11.0. The van der Waals surface area contributed by atoms with Gasteiger partial charge in [0.2, 0.25) is 0 Å². The first-order valence-corrected chi connectivity index (χ1v) is 4.26. The summed E-state index contributed by atoms with van der Waals surface area (Å²) in [4.78, 5) is 10.1. The third kappa shape index (κ3) is 1.80. The van der Waals surface area contributed by atoms with E-state index >= 15 is 0 Å². The van der Waals surface area contributed by atoms with Crippen molar-refractivity contribution in [3.8, 4) is 0 Å². The zero-order valence-corrected chi connectivity index (χ0v) is 6.22. The van der Waals surface area contributed by atoms with Gasteiger partial charge < -0.3 is 9.63 Å². The van der Waals surface area contributed by atoms with Gasteiger partial charge in [-0.25, -0.2) is 4.79 Å². The molecule has 0 aromatic rings. The van der Waals surface area contributed by atoms with Gasteiger partial charge in [0.15, 0.2) is 0 Å². The van der Waals surface area contributed by atoms with Crippen LogP contribution in [-0.2, 0) is 9.09 Å². The fraction of sp³-hybridized carbons (Fsp3) is 0.750. The van der Waals surface area contributed by atoms with Crippen LogP contribution in [-0.4, -0.2) is 24.1 Å². The van der Waals surface area contributed by atoms with E-state index in [1.807, 2.05) is 0 Å². The first-order chi connectivity index (χ1) is 4.06. The van der Waals surface area contributed by atoms with E-state index in [9.17, 15) is 9.36 Å². The van der Waals surface area contributed by atoms with Crippen LogP contribution in [0.25, 0.3) is 0 Å². The highest BCUT2D eigenvalue weighted by Gasteiger charge is 2.28. The summed E-state index contributed by atoms with van der Waals surface area (Å²) in [6, 6.07) is 0. The van der Waals surface area contributed by atoms with Crippen molar-refractivity contribution in [2.75, 3.05) is 13.3 Å². The summed E-state index contributed by atoms with van der Waals surface area (Å²) >= 11 is 0. The maximum atomic E-state index is 10.8. The molecule has 0 radical (unpaired) electrons. The summed E-state index contributed by atoms with van der Waals surface area (Å²) in [5, 5.41) is 8.24. The highest BCUT2D eigenvalue weighted by atomic mass is 31.2. The van der Waals surface area contributed by atoms with E-state index < -0.39 is 13.1 Å². The highest BCUT2D eigenvalue weighted by Crippen LogP contribution is 2.45. The molecule has 0 aliphatic carbocycles. The van der Waals surface area contributed by atoms with Crippen LogP contribution in [0.2, 0.25) is 0 Å². The normalized spacial score (nSPS) is 16.7. The quantitative estimate of drug-likeness (QED) is 0.624. The van der Waals surface area contributed by atoms with Gasteiger partial charge in [0.1, 0.15) is 0 Å². The lowest BCUT2D eigenvalue weighted by Crippen LogP contribution is -1.99. The van der Waals surface area contributed by atoms with Gasteiger partial charge in [-0.3, -0.25) is 4.57 Å². The third-order valence-electron chi connectivity index (χ3n) is 1.00. The molecular weight excluding hydrogens is 143 g/mol. The van der Waals surface area contributed by atoms with Crippen molar-refractivity contribution >= 4 is 13.1 Å². The molecule has 54 valence electrons. The van der Waals surface area contributed by atoms with Gasteiger partial charge in [-0.05, 0) is 0 Å². The Morgan fingerprint density at radius 3 is 2.22 bits per heavy atom. The predicted octanol–water partition coefficient (Wildman–Crippen LogP) is 1.61. The summed E-state index contributed by atoms with van der Waals surface area (Å²) < 4.78 is 15.1. The maximum absolute atomic E-state index is 10.8. The van der Waals surface area contributed by atoms with E-state index in [0.29, 0.717) is 0 Å². The standard InChI is InChI=1S/C4H9O4P/c1-3-9(7,8-2)4(5)6/h3H2,1-2H3,(H,5,6). The van der Waals surface area contributed by atoms with E-state index in [1.165, 1.54) is 6.92 Å². The van der Waals surface area contributed by atoms with E-state index in [-0.39, 0.29) is 6.16 Å². The van der Waals surface area contributed by atoms with Crippen LogP contribution in [0.15, 0.2) is 0 Å². The molecule has 0 spiro atoms. The minimum absolute atomic E-state index is 0.0405. The van der Waals surface area contributed by atoms with E-state index in [0.717, 1.165) is 7.11 Å². The molecule has 0 aromatic carbocycles. The zero-order chi connectivity index (χ0) is 7.49. The largest absolute Gasteiger partial charge is 0.474 e. The van der Waals surface area contributed by atoms with Crippen LogP contribution in [0.3, 0.4) is 0 Å². The fourth-order valence-electron chi connectivity index (χ4n) is 0.342. The lowest BCUT2D eigenvalue weighted by Gasteiger charge is -2.05. The Kier molecular flexibility index (Phi) is 2.88. The first-order valence-electron chi connectivity index (χ1n) is 2.45. The fourth-order valence-corrected chi connectivity index (χ4v) is 1.03. The Morgan fingerprint density at radius 2 is 2.22 bits per heavy atom. The van der Waals surface area contributed by atoms with E-state index in [2.05, 4.69) is 4.52 Å². The number of hydrogen-bond donors (Lipinski definition) is 1. The van der Waals surface area contributed by atoms with Crippen molar-refractivity contribution in [3.05, 3.63) is 0 Å². The smallest absolute Gasteiger partial charge is 0.389 e. The molecular formula is C4H9O4P. The van der Waals surface area contributed by atoms with Gasteiger partial charge in [0.25, 0.3) is 0 Å². The Labute approximate surface area is 53.3 Å². The van der Waals surface area contributed by atoms with Gasteiger partial charge in [-0.1, -0.05) is 6.92 Å². The van der Waals surface area contributed by atoms with Crippen LogP contribution >= 0.6 is 7.37 Å². The highest BCUT2D eigenvalue weighted by molar-refractivity contribution is 7.75. The number of hydrogen-bond acceptors (Lipinski definition) is 3. The van der Waals surface area contributed by atoms with Crippen molar-refractivity contribution in [1.29, 1.82) is 0 Å². The molecule has 4 nitrogen and oxygen atoms in total. The van der Waals surface area contributed by atoms with Gasteiger partial charge in [0, 0.05) is 13.3 Å². The monoisotopic (exact) mass is 152 g/mol. The number of carbonyl (C=O) groups is 1. The summed E-state index contributed by atoms with van der Waals surface area (Å²) in [5.74, 6) is 0. The van der Waals surface area contributed by atoms with Gasteiger partial charge >= 0.3 is 13.1 Å². The molecule has 0 heterocycles. The molecule has 0 fully saturated rings. The Balaban J connectivity index is 4.30. The molecule has 0 amide bonds. The maximum Gasteiger partial charge on any atom is 0.389 e. The molecule has 0 aromatic heterocycles. The van der Waals surface area contributed by atoms with Crippen LogP contribution in [0.4, 0.5) is 4.79 Å². The molecule has 0 aliphatic rings. The molecule has 0 aliphatic heterocycles. The molecule has 1 N–H and O–H groups in total. The summed E-state index contributed by atoms with van der Waals surface area (Å²) in [7, 11) is -2.20. The summed E-state index contributed by atoms with van der Waals surface area (Å²) in [6.07, 6.45) is 0.0405. The second kappa shape index (κ2) is 2.99. The van der Waals surface area contributed by atoms with Gasteiger partial charge in [-0.2, -0.15) is 0 Å². The van der Waals surface area contributed by atoms with Crippen LogP contribution in [0.1, 0.15) is 6.92 Å².